The van der Waals surface area contributed by atoms with Gasteiger partial charge in [0.1, 0.15) is 12.3 Å². The van der Waals surface area contributed by atoms with Crippen molar-refractivity contribution in [1.82, 2.24) is 19.1 Å². The molecule has 0 unspecified atom stereocenters. The number of hydrogen-bond donors (Lipinski definition) is 2. The Morgan fingerprint density at radius 1 is 1.14 bits per heavy atom. The molecule has 1 aliphatic rings. The minimum atomic E-state index is -2.09. The number of hydrogen-bond acceptors (Lipinski definition) is 8. The van der Waals surface area contributed by atoms with E-state index in [2.05, 4.69) is 77.7 Å². The third kappa shape index (κ3) is 5.63. The number of imidazole rings is 1. The molecule has 1 aliphatic heterocycles. The van der Waals surface area contributed by atoms with Crippen molar-refractivity contribution in [2.45, 2.75) is 109 Å². The van der Waals surface area contributed by atoms with E-state index in [-0.39, 0.29) is 52.5 Å². The van der Waals surface area contributed by atoms with Crippen molar-refractivity contribution in [1.29, 1.82) is 0 Å². The minimum Gasteiger partial charge on any atom is -0.414 e. The number of aliphatic hydroxyl groups is 1. The molecule has 0 spiro atoms. The molecule has 12 heteroatoms. The predicted molar refractivity (Wildman–Crippen MR) is 147 cm³/mol. The van der Waals surface area contributed by atoms with Crippen molar-refractivity contribution in [2.75, 3.05) is 18.9 Å². The number of aromatic nitrogens is 4. The molecule has 0 aromatic carbocycles. The van der Waals surface area contributed by atoms with Gasteiger partial charge in [0.25, 0.3) is 5.56 Å². The lowest BCUT2D eigenvalue weighted by Crippen LogP contribution is -2.48. The van der Waals surface area contributed by atoms with E-state index in [9.17, 15) is 9.90 Å². The van der Waals surface area contributed by atoms with E-state index in [1.165, 1.54) is 4.57 Å². The summed E-state index contributed by atoms with van der Waals surface area (Å²) in [6, 6.07) is 0. The van der Waals surface area contributed by atoms with Gasteiger partial charge in [-0.1, -0.05) is 41.5 Å². The Morgan fingerprint density at radius 2 is 1.75 bits per heavy atom. The van der Waals surface area contributed by atoms with E-state index >= 15 is 0 Å². The Bertz CT molecular complexity index is 1130. The van der Waals surface area contributed by atoms with Crippen LogP contribution >= 0.6 is 0 Å². The number of nitrogens with two attached hydrogens (primary N) is 1. The van der Waals surface area contributed by atoms with Crippen molar-refractivity contribution in [3.05, 3.63) is 16.7 Å². The van der Waals surface area contributed by atoms with E-state index < -0.39 is 22.9 Å². The van der Waals surface area contributed by atoms with Crippen LogP contribution in [0, 0.1) is 0 Å². The molecule has 2 aromatic heterocycles. The Hall–Kier alpha value is -1.58. The highest BCUT2D eigenvalue weighted by Gasteiger charge is 2.47. The van der Waals surface area contributed by atoms with Crippen LogP contribution in [-0.4, -0.2) is 66.3 Å². The summed E-state index contributed by atoms with van der Waals surface area (Å²) in [5, 5.41) is 9.40. The first-order valence-electron chi connectivity index (χ1n) is 12.7. The molecule has 0 amide bonds. The first kappa shape index (κ1) is 29.0. The SMILES string of the molecule is CC(C)(C)[Si](C)(C)OC[C@H]1O[C@@H](n2cnc3c(=O)n(CCO)c(N)nc32)C[C@@H]1O[Si](C)(C)C(C)(C)C. The molecule has 2 aromatic rings. The zero-order chi connectivity index (χ0) is 27.3. The largest absolute Gasteiger partial charge is 0.414 e. The van der Waals surface area contributed by atoms with Gasteiger partial charge in [-0.3, -0.25) is 13.9 Å². The minimum absolute atomic E-state index is 0.0354. The molecule has 10 nitrogen and oxygen atoms in total. The maximum atomic E-state index is 12.9. The maximum Gasteiger partial charge on any atom is 0.283 e. The smallest absolute Gasteiger partial charge is 0.283 e. The summed E-state index contributed by atoms with van der Waals surface area (Å²) in [7, 11) is -4.08. The lowest BCUT2D eigenvalue weighted by atomic mass is 10.2. The van der Waals surface area contributed by atoms with Crippen LogP contribution in [0.1, 0.15) is 54.2 Å². The summed E-state index contributed by atoms with van der Waals surface area (Å²) in [5.41, 5.74) is 6.23. The van der Waals surface area contributed by atoms with Gasteiger partial charge in [-0.2, -0.15) is 4.98 Å². The highest BCUT2D eigenvalue weighted by atomic mass is 28.4. The van der Waals surface area contributed by atoms with Crippen molar-refractivity contribution in [3.8, 4) is 0 Å². The highest BCUT2D eigenvalue weighted by molar-refractivity contribution is 6.74. The lowest BCUT2D eigenvalue weighted by molar-refractivity contribution is -0.0383. The number of rotatable bonds is 8. The summed E-state index contributed by atoms with van der Waals surface area (Å²) >= 11 is 0. The Labute approximate surface area is 216 Å². The molecule has 1 saturated heterocycles. The average molecular weight is 540 g/mol. The monoisotopic (exact) mass is 539 g/mol. The summed E-state index contributed by atoms with van der Waals surface area (Å²) in [6.07, 6.45) is 1.32. The van der Waals surface area contributed by atoms with E-state index in [0.29, 0.717) is 18.7 Å². The number of anilines is 1. The molecule has 0 radical (unpaired) electrons. The van der Waals surface area contributed by atoms with Crippen LogP contribution in [0.4, 0.5) is 5.95 Å². The fourth-order valence-electron chi connectivity index (χ4n) is 3.75. The second-order valence-electron chi connectivity index (χ2n) is 12.8. The zero-order valence-corrected chi connectivity index (χ0v) is 25.6. The Balaban J connectivity index is 1.94. The van der Waals surface area contributed by atoms with E-state index in [4.69, 9.17) is 19.3 Å². The number of fused-ring (bicyclic) bond motifs is 1. The molecule has 3 rings (SSSR count). The second kappa shape index (κ2) is 9.95. The van der Waals surface area contributed by atoms with Crippen LogP contribution in [-0.2, 0) is 20.1 Å². The standard InChI is InChI=1S/C24H45N5O5Si2/c1-23(2,3)35(7,8)32-14-17-16(34-36(9,10)24(4,5)6)13-18(33-17)29-15-26-19-20(29)27-22(25)28(11-12-30)21(19)31/h15-18,30H,11-14H2,1-10H3,(H2,25,27)/t16-,17+,18+/m0/s1. The molecular weight excluding hydrogens is 494 g/mol. The van der Waals surface area contributed by atoms with Crippen LogP contribution in [0.15, 0.2) is 11.1 Å². The summed E-state index contributed by atoms with van der Waals surface area (Å²) in [4.78, 5) is 21.6. The van der Waals surface area contributed by atoms with Crippen LogP contribution in [0.2, 0.25) is 36.3 Å². The van der Waals surface area contributed by atoms with Gasteiger partial charge in [-0.15, -0.1) is 0 Å². The third-order valence-electron chi connectivity index (χ3n) is 8.19. The van der Waals surface area contributed by atoms with Crippen molar-refractivity contribution in [2.24, 2.45) is 0 Å². The fraction of sp³-hybridized carbons (Fsp3) is 0.792. The molecule has 204 valence electrons. The van der Waals surface area contributed by atoms with Gasteiger partial charge in [-0.25, -0.2) is 4.98 Å². The molecular formula is C24H45N5O5Si2. The quantitative estimate of drug-likeness (QED) is 0.484. The number of aliphatic hydroxyl groups excluding tert-OH is 1. The van der Waals surface area contributed by atoms with Gasteiger partial charge >= 0.3 is 0 Å². The highest BCUT2D eigenvalue weighted by Crippen LogP contribution is 2.42. The summed E-state index contributed by atoms with van der Waals surface area (Å²) in [5.74, 6) is 0.0354. The Kier molecular flexibility index (Phi) is 8.01. The molecule has 3 N–H and O–H groups in total. The van der Waals surface area contributed by atoms with Crippen LogP contribution in [0.25, 0.3) is 11.2 Å². The summed E-state index contributed by atoms with van der Waals surface area (Å²) in [6.45, 7) is 22.6. The average Bonchev–Trinajstić information content (AvgIpc) is 3.31. The van der Waals surface area contributed by atoms with E-state index in [1.807, 2.05) is 0 Å². The van der Waals surface area contributed by atoms with E-state index in [1.54, 1.807) is 10.9 Å². The molecule has 3 atom stereocenters. The van der Waals surface area contributed by atoms with Crippen LogP contribution < -0.4 is 11.3 Å². The lowest BCUT2D eigenvalue weighted by Gasteiger charge is -2.40. The van der Waals surface area contributed by atoms with Gasteiger partial charge in [0.15, 0.2) is 27.8 Å². The van der Waals surface area contributed by atoms with Gasteiger partial charge < -0.3 is 24.4 Å². The Morgan fingerprint density at radius 3 is 2.31 bits per heavy atom. The fourth-order valence-corrected chi connectivity index (χ4v) is 6.12. The number of nitrogen functional groups attached to an aromatic ring is 1. The van der Waals surface area contributed by atoms with Crippen LogP contribution in [0.5, 0.6) is 0 Å². The predicted octanol–water partition coefficient (Wildman–Crippen LogP) is 3.87. The van der Waals surface area contributed by atoms with Crippen molar-refractivity contribution in [3.63, 3.8) is 0 Å². The molecule has 0 bridgehead atoms. The molecule has 0 saturated carbocycles. The van der Waals surface area contributed by atoms with E-state index in [0.717, 1.165) is 0 Å². The van der Waals surface area contributed by atoms with Gasteiger partial charge in [-0.05, 0) is 36.3 Å². The third-order valence-corrected chi connectivity index (χ3v) is 17.2. The molecule has 3 heterocycles. The molecule has 1 fully saturated rings. The van der Waals surface area contributed by atoms with Gasteiger partial charge in [0.05, 0.1) is 32.2 Å². The molecule has 36 heavy (non-hydrogen) atoms. The second-order valence-corrected chi connectivity index (χ2v) is 22.4. The van der Waals surface area contributed by atoms with Gasteiger partial charge in [0.2, 0.25) is 5.95 Å². The van der Waals surface area contributed by atoms with Crippen molar-refractivity contribution < 1.29 is 18.7 Å². The van der Waals surface area contributed by atoms with Gasteiger partial charge in [0, 0.05) is 6.42 Å². The molecule has 0 aliphatic carbocycles. The van der Waals surface area contributed by atoms with Crippen LogP contribution in [0.3, 0.4) is 0 Å². The number of nitrogens with zero attached hydrogens (tertiary/aromatic N) is 4. The first-order valence-corrected chi connectivity index (χ1v) is 18.5. The first-order chi connectivity index (χ1) is 16.4. The van der Waals surface area contributed by atoms with Crippen molar-refractivity contribution >= 4 is 33.7 Å². The zero-order valence-electron chi connectivity index (χ0n) is 23.6. The normalized spacial score (nSPS) is 22.0. The maximum absolute atomic E-state index is 12.9. The number of ether oxygens (including phenoxy) is 1. The topological polar surface area (TPSA) is 127 Å². The summed E-state index contributed by atoms with van der Waals surface area (Å²) < 4.78 is 22.9.